The Morgan fingerprint density at radius 1 is 0.407 bits per heavy atom. The lowest BCUT2D eigenvalue weighted by Crippen LogP contribution is -2.23. The van der Waals surface area contributed by atoms with Crippen LogP contribution in [0.25, 0.3) is 22.3 Å². The van der Waals surface area contributed by atoms with Crippen molar-refractivity contribution < 1.29 is 0 Å². The summed E-state index contributed by atoms with van der Waals surface area (Å²) in [6.45, 7) is 4.69. The first-order chi connectivity index (χ1) is 26.6. The van der Waals surface area contributed by atoms with Crippen LogP contribution in [-0.4, -0.2) is 4.98 Å². The van der Waals surface area contributed by atoms with Crippen LogP contribution in [0.4, 0.5) is 51.2 Å². The van der Waals surface area contributed by atoms with E-state index in [0.29, 0.717) is 0 Å². The highest BCUT2D eigenvalue weighted by Gasteiger charge is 2.36. The normalized spacial score (nSPS) is 13.4. The van der Waals surface area contributed by atoms with E-state index in [1.807, 2.05) is 12.4 Å². The number of hydrogen-bond acceptors (Lipinski definition) is 4. The highest BCUT2D eigenvalue weighted by atomic mass is 15.3. The van der Waals surface area contributed by atoms with Crippen molar-refractivity contribution in [3.8, 4) is 22.3 Å². The Morgan fingerprint density at radius 2 is 0.870 bits per heavy atom. The van der Waals surface area contributed by atoms with Crippen molar-refractivity contribution in [2.45, 2.75) is 19.3 Å². The molecule has 0 spiro atoms. The van der Waals surface area contributed by atoms with Gasteiger partial charge in [-0.3, -0.25) is 4.98 Å². The molecule has 0 saturated heterocycles. The molecule has 0 unspecified atom stereocenters. The number of anilines is 9. The monoisotopic (exact) mass is 694 g/mol. The first kappa shape index (κ1) is 31.8. The molecular weight excluding hydrogens is 657 g/mol. The molecule has 0 bridgehead atoms. The third-order valence-electron chi connectivity index (χ3n) is 11.1. The summed E-state index contributed by atoms with van der Waals surface area (Å²) in [7, 11) is 0. The molecule has 1 aliphatic carbocycles. The standard InChI is InChI=1S/C50H38N4/c1-50(2)44-15-7-6-14-42(44)43-29-28-41(34-45(43)50)52(37-22-20-36(21-23-37)35-12-4-3-5-13-35)38-24-26-39(27-25-38)53-46-16-8-10-18-48(46)54(40-30-32-51-33-31-40)49-19-11-9-17-47(49)53/h3-34H,1-2H3. The molecule has 4 nitrogen and oxygen atoms in total. The second-order valence-corrected chi connectivity index (χ2v) is 14.5. The molecule has 1 aliphatic heterocycles. The average Bonchev–Trinajstić information content (AvgIpc) is 3.46. The number of para-hydroxylation sites is 4. The zero-order chi connectivity index (χ0) is 36.2. The maximum atomic E-state index is 4.29. The molecule has 258 valence electrons. The van der Waals surface area contributed by atoms with Gasteiger partial charge in [-0.1, -0.05) is 111 Å². The summed E-state index contributed by atoms with van der Waals surface area (Å²) < 4.78 is 0. The molecule has 8 aromatic rings. The predicted octanol–water partition coefficient (Wildman–Crippen LogP) is 13.8. The van der Waals surface area contributed by atoms with Crippen molar-refractivity contribution in [1.29, 1.82) is 0 Å². The largest absolute Gasteiger partial charge is 0.310 e. The summed E-state index contributed by atoms with van der Waals surface area (Å²) in [4.78, 5) is 11.4. The van der Waals surface area contributed by atoms with E-state index < -0.39 is 0 Å². The molecule has 4 heteroatoms. The highest BCUT2D eigenvalue weighted by Crippen LogP contribution is 2.55. The third kappa shape index (κ3) is 5.10. The molecule has 2 aliphatic rings. The van der Waals surface area contributed by atoms with Crippen LogP contribution in [0.15, 0.2) is 194 Å². The van der Waals surface area contributed by atoms with E-state index in [9.17, 15) is 0 Å². The summed E-state index contributed by atoms with van der Waals surface area (Å²) in [6, 6.07) is 65.8. The summed E-state index contributed by atoms with van der Waals surface area (Å²) in [6.07, 6.45) is 3.71. The van der Waals surface area contributed by atoms with Crippen molar-refractivity contribution in [3.63, 3.8) is 0 Å². The molecule has 0 amide bonds. The fraction of sp³-hybridized carbons (Fsp3) is 0.0600. The van der Waals surface area contributed by atoms with E-state index in [1.54, 1.807) is 0 Å². The van der Waals surface area contributed by atoms with Gasteiger partial charge in [0.2, 0.25) is 0 Å². The maximum absolute atomic E-state index is 4.29. The summed E-state index contributed by atoms with van der Waals surface area (Å²) in [5, 5.41) is 0. The van der Waals surface area contributed by atoms with Gasteiger partial charge in [-0.2, -0.15) is 0 Å². The number of fused-ring (bicyclic) bond motifs is 5. The van der Waals surface area contributed by atoms with Gasteiger partial charge in [-0.25, -0.2) is 0 Å². The Morgan fingerprint density at radius 3 is 1.48 bits per heavy atom. The molecule has 7 aromatic carbocycles. The molecule has 0 fully saturated rings. The highest BCUT2D eigenvalue weighted by molar-refractivity contribution is 6.01. The SMILES string of the molecule is CC1(C)c2ccccc2-c2ccc(N(c3ccc(-c4ccccc4)cc3)c3ccc(N4c5ccccc5N(c5ccncc5)c5ccccc54)cc3)cc21. The topological polar surface area (TPSA) is 22.6 Å². The minimum Gasteiger partial charge on any atom is -0.310 e. The maximum Gasteiger partial charge on any atom is 0.0703 e. The molecule has 0 saturated carbocycles. The van der Waals surface area contributed by atoms with Crippen molar-refractivity contribution in [1.82, 2.24) is 4.98 Å². The summed E-state index contributed by atoms with van der Waals surface area (Å²) in [5.41, 5.74) is 17.7. The second-order valence-electron chi connectivity index (χ2n) is 14.5. The van der Waals surface area contributed by atoms with Crippen molar-refractivity contribution in [3.05, 3.63) is 206 Å². The number of rotatable bonds is 6. The fourth-order valence-electron chi connectivity index (χ4n) is 8.46. The van der Waals surface area contributed by atoms with Crippen LogP contribution in [0.3, 0.4) is 0 Å². The van der Waals surface area contributed by atoms with Gasteiger partial charge >= 0.3 is 0 Å². The number of hydrogen-bond donors (Lipinski definition) is 0. The molecule has 10 rings (SSSR count). The van der Waals surface area contributed by atoms with E-state index in [0.717, 1.165) is 51.2 Å². The number of aromatic nitrogens is 1. The molecular formula is C50H38N4. The van der Waals surface area contributed by atoms with E-state index in [-0.39, 0.29) is 5.41 Å². The fourth-order valence-corrected chi connectivity index (χ4v) is 8.46. The number of pyridine rings is 1. The van der Waals surface area contributed by atoms with Gasteiger partial charge < -0.3 is 14.7 Å². The van der Waals surface area contributed by atoms with E-state index in [1.165, 1.54) is 33.4 Å². The predicted molar refractivity (Wildman–Crippen MR) is 225 cm³/mol. The zero-order valence-electron chi connectivity index (χ0n) is 30.3. The van der Waals surface area contributed by atoms with E-state index in [4.69, 9.17) is 0 Å². The Labute approximate surface area is 316 Å². The van der Waals surface area contributed by atoms with Gasteiger partial charge in [-0.15, -0.1) is 0 Å². The van der Waals surface area contributed by atoms with Gasteiger partial charge in [0, 0.05) is 46.2 Å². The minimum absolute atomic E-state index is 0.103. The Bertz CT molecular complexity index is 2580. The average molecular weight is 695 g/mol. The first-order valence-electron chi connectivity index (χ1n) is 18.5. The quantitative estimate of drug-likeness (QED) is 0.173. The van der Waals surface area contributed by atoms with Gasteiger partial charge in [-0.05, 0) is 118 Å². The van der Waals surface area contributed by atoms with E-state index >= 15 is 0 Å². The lowest BCUT2D eigenvalue weighted by Gasteiger charge is -2.40. The van der Waals surface area contributed by atoms with Gasteiger partial charge in [0.1, 0.15) is 0 Å². The van der Waals surface area contributed by atoms with Crippen LogP contribution < -0.4 is 14.7 Å². The van der Waals surface area contributed by atoms with E-state index in [2.05, 4.69) is 216 Å². The molecule has 2 heterocycles. The number of nitrogens with zero attached hydrogens (tertiary/aromatic N) is 4. The number of benzene rings is 7. The minimum atomic E-state index is -0.103. The third-order valence-corrected chi connectivity index (χ3v) is 11.1. The van der Waals surface area contributed by atoms with Crippen LogP contribution in [0.1, 0.15) is 25.0 Å². The Balaban J connectivity index is 1.09. The molecule has 0 N–H and O–H groups in total. The smallest absolute Gasteiger partial charge is 0.0703 e. The van der Waals surface area contributed by atoms with Crippen molar-refractivity contribution >= 4 is 51.2 Å². The van der Waals surface area contributed by atoms with Crippen LogP contribution in [0.5, 0.6) is 0 Å². The van der Waals surface area contributed by atoms with Crippen LogP contribution >= 0.6 is 0 Å². The van der Waals surface area contributed by atoms with Crippen molar-refractivity contribution in [2.24, 2.45) is 0 Å². The molecule has 0 radical (unpaired) electrons. The lowest BCUT2D eigenvalue weighted by atomic mass is 9.82. The van der Waals surface area contributed by atoms with Gasteiger partial charge in [0.05, 0.1) is 22.7 Å². The molecule has 1 aromatic heterocycles. The first-order valence-corrected chi connectivity index (χ1v) is 18.5. The lowest BCUT2D eigenvalue weighted by molar-refractivity contribution is 0.660. The molecule has 54 heavy (non-hydrogen) atoms. The Kier molecular flexibility index (Phi) is 7.44. The van der Waals surface area contributed by atoms with Gasteiger partial charge in [0.25, 0.3) is 0 Å². The van der Waals surface area contributed by atoms with Crippen LogP contribution in [0.2, 0.25) is 0 Å². The second kappa shape index (κ2) is 12.6. The summed E-state index contributed by atoms with van der Waals surface area (Å²) in [5.74, 6) is 0. The van der Waals surface area contributed by atoms with Crippen molar-refractivity contribution in [2.75, 3.05) is 14.7 Å². The van der Waals surface area contributed by atoms with Gasteiger partial charge in [0.15, 0.2) is 0 Å². The Hall–Kier alpha value is -6.91. The van der Waals surface area contributed by atoms with Crippen LogP contribution in [-0.2, 0) is 5.41 Å². The molecule has 0 atom stereocenters. The zero-order valence-corrected chi connectivity index (χ0v) is 30.3. The van der Waals surface area contributed by atoms with Crippen LogP contribution in [0, 0.1) is 0 Å². The summed E-state index contributed by atoms with van der Waals surface area (Å²) >= 11 is 0.